The summed E-state index contributed by atoms with van der Waals surface area (Å²) >= 11 is 0. The second-order valence-electron chi connectivity index (χ2n) is 10.9. The van der Waals surface area contributed by atoms with Gasteiger partial charge in [-0.15, -0.1) is 6.58 Å². The molecule has 2 aromatic carbocycles. The van der Waals surface area contributed by atoms with Crippen molar-refractivity contribution in [1.82, 2.24) is 0 Å². The molecule has 0 heterocycles. The highest BCUT2D eigenvalue weighted by atomic mass is 28.4. The first kappa shape index (κ1) is 23.0. The van der Waals surface area contributed by atoms with Crippen molar-refractivity contribution in [3.63, 3.8) is 0 Å². The molecule has 3 nitrogen and oxygen atoms in total. The van der Waals surface area contributed by atoms with E-state index in [1.807, 2.05) is 6.08 Å². The molecule has 0 fully saturated rings. The fourth-order valence-corrected chi connectivity index (χ4v) is 6.79. The Morgan fingerprint density at radius 1 is 1.03 bits per heavy atom. The first-order valence-electron chi connectivity index (χ1n) is 11.6. The fourth-order valence-electron chi connectivity index (χ4n) is 5.76. The van der Waals surface area contributed by atoms with Gasteiger partial charge in [-0.3, -0.25) is 4.79 Å². The average Bonchev–Trinajstić information content (AvgIpc) is 2.76. The van der Waals surface area contributed by atoms with Gasteiger partial charge in [0.1, 0.15) is 0 Å². The van der Waals surface area contributed by atoms with Crippen molar-refractivity contribution in [3.8, 4) is 0 Å². The number of carbonyl (C=O) groups is 1. The molecule has 0 amide bonds. The molecule has 0 unspecified atom stereocenters. The van der Waals surface area contributed by atoms with Crippen LogP contribution in [0.4, 0.5) is 0 Å². The third kappa shape index (κ3) is 3.22. The summed E-state index contributed by atoms with van der Waals surface area (Å²) in [5.41, 5.74) is 4.40. The zero-order valence-electron chi connectivity index (χ0n) is 20.3. The number of carbonyl (C=O) groups excluding carboxylic acids is 1. The molecule has 0 N–H and O–H groups in total. The van der Waals surface area contributed by atoms with Crippen LogP contribution in [0.15, 0.2) is 61.2 Å². The SMILES string of the molecule is C=CC[C@]1(C(=O)OC)C2c3ccccc3C(c3ccccc32)[C@@H]1CO[Si](C)(C)C(C)(C)C. The van der Waals surface area contributed by atoms with E-state index in [1.165, 1.54) is 29.4 Å². The number of hydrogen-bond acceptors (Lipinski definition) is 3. The number of esters is 1. The van der Waals surface area contributed by atoms with Gasteiger partial charge < -0.3 is 9.16 Å². The van der Waals surface area contributed by atoms with Crippen LogP contribution in [-0.4, -0.2) is 28.0 Å². The van der Waals surface area contributed by atoms with Crippen LogP contribution in [-0.2, 0) is 14.0 Å². The normalized spacial score (nSPS) is 26.2. The molecular weight excluding hydrogens is 412 g/mol. The first-order valence-corrected chi connectivity index (χ1v) is 14.5. The minimum Gasteiger partial charge on any atom is -0.469 e. The molecule has 2 atom stereocenters. The van der Waals surface area contributed by atoms with Crippen molar-refractivity contribution >= 4 is 14.3 Å². The number of fused-ring (bicyclic) bond motifs is 1. The molecule has 32 heavy (non-hydrogen) atoms. The third-order valence-electron chi connectivity index (χ3n) is 8.34. The fraction of sp³-hybridized carbons (Fsp3) is 0.464. The van der Waals surface area contributed by atoms with E-state index in [1.54, 1.807) is 0 Å². The van der Waals surface area contributed by atoms with Crippen LogP contribution in [0.5, 0.6) is 0 Å². The van der Waals surface area contributed by atoms with E-state index in [4.69, 9.17) is 9.16 Å². The van der Waals surface area contributed by atoms with Gasteiger partial charge in [0.15, 0.2) is 8.32 Å². The number of rotatable bonds is 6. The van der Waals surface area contributed by atoms with E-state index in [9.17, 15) is 4.79 Å². The van der Waals surface area contributed by atoms with Crippen LogP contribution in [0.3, 0.4) is 0 Å². The summed E-state index contributed by atoms with van der Waals surface area (Å²) in [5.74, 6) is -0.147. The maximum atomic E-state index is 13.7. The van der Waals surface area contributed by atoms with Gasteiger partial charge >= 0.3 is 5.97 Å². The Balaban J connectivity index is 1.94. The minimum atomic E-state index is -2.01. The van der Waals surface area contributed by atoms with E-state index in [0.717, 1.165) is 0 Å². The highest BCUT2D eigenvalue weighted by Crippen LogP contribution is 2.66. The lowest BCUT2D eigenvalue weighted by Crippen LogP contribution is -2.56. The number of allylic oxidation sites excluding steroid dienone is 1. The molecule has 0 saturated carbocycles. The van der Waals surface area contributed by atoms with E-state index >= 15 is 0 Å². The van der Waals surface area contributed by atoms with Crippen LogP contribution < -0.4 is 0 Å². The summed E-state index contributed by atoms with van der Waals surface area (Å²) in [5, 5.41) is 0.100. The van der Waals surface area contributed by atoms with Crippen LogP contribution in [0, 0.1) is 11.3 Å². The van der Waals surface area contributed by atoms with Gasteiger partial charge in [0.25, 0.3) is 0 Å². The van der Waals surface area contributed by atoms with Crippen LogP contribution in [0.25, 0.3) is 0 Å². The summed E-state index contributed by atoms with van der Waals surface area (Å²) in [7, 11) is -0.495. The van der Waals surface area contributed by atoms with Crippen molar-refractivity contribution in [2.45, 2.75) is 57.2 Å². The summed E-state index contributed by atoms with van der Waals surface area (Å²) < 4.78 is 12.3. The summed E-state index contributed by atoms with van der Waals surface area (Å²) in [6, 6.07) is 17.2. The number of hydrogen-bond donors (Lipinski definition) is 0. The van der Waals surface area contributed by atoms with Crippen molar-refractivity contribution in [3.05, 3.63) is 83.4 Å². The standard InChI is InChI=1S/C28H36O3Si/c1-8-17-28(26(29)30-5)23(18-31-32(6,7)27(2,3)4)24-19-13-9-11-15-21(19)25(28)22-16-12-10-14-20(22)24/h8-16,23-25H,1,17-18H2,2-7H3/t23-,24?,25?,28+/m0/s1. The molecule has 0 aliphatic heterocycles. The smallest absolute Gasteiger partial charge is 0.313 e. The summed E-state index contributed by atoms with van der Waals surface area (Å²) in [4.78, 5) is 13.7. The van der Waals surface area contributed by atoms with E-state index < -0.39 is 13.7 Å². The van der Waals surface area contributed by atoms with Crippen LogP contribution >= 0.6 is 0 Å². The molecule has 0 spiro atoms. The van der Waals surface area contributed by atoms with Gasteiger partial charge in [-0.25, -0.2) is 0 Å². The van der Waals surface area contributed by atoms with Gasteiger partial charge in [0, 0.05) is 24.4 Å². The third-order valence-corrected chi connectivity index (χ3v) is 12.8. The Kier molecular flexibility index (Phi) is 5.75. The Bertz CT molecular complexity index is 987. The van der Waals surface area contributed by atoms with Crippen LogP contribution in [0.2, 0.25) is 18.1 Å². The van der Waals surface area contributed by atoms with E-state index in [2.05, 4.69) is 89.0 Å². The molecule has 0 aromatic heterocycles. The Morgan fingerprint density at radius 2 is 1.53 bits per heavy atom. The Morgan fingerprint density at radius 3 is 1.97 bits per heavy atom. The van der Waals surface area contributed by atoms with Gasteiger partial charge in [0.2, 0.25) is 0 Å². The molecule has 4 heteroatoms. The molecule has 3 aliphatic carbocycles. The molecule has 170 valence electrons. The minimum absolute atomic E-state index is 0.0168. The highest BCUT2D eigenvalue weighted by molar-refractivity contribution is 6.74. The molecule has 2 bridgehead atoms. The average molecular weight is 449 g/mol. The second-order valence-corrected chi connectivity index (χ2v) is 15.7. The van der Waals surface area contributed by atoms with Gasteiger partial charge in [-0.2, -0.15) is 0 Å². The molecule has 3 aliphatic rings. The van der Waals surface area contributed by atoms with Crippen molar-refractivity contribution in [1.29, 1.82) is 0 Å². The predicted octanol–water partition coefficient (Wildman–Crippen LogP) is 6.65. The summed E-state index contributed by atoms with van der Waals surface area (Å²) in [6.45, 7) is 15.9. The second kappa shape index (κ2) is 8.00. The first-order chi connectivity index (χ1) is 15.1. The highest BCUT2D eigenvalue weighted by Gasteiger charge is 2.63. The van der Waals surface area contributed by atoms with Crippen molar-refractivity contribution < 1.29 is 14.0 Å². The number of methoxy groups -OCH3 is 1. The monoisotopic (exact) mass is 448 g/mol. The molecule has 0 saturated heterocycles. The molecule has 0 radical (unpaired) electrons. The maximum absolute atomic E-state index is 13.7. The Hall–Kier alpha value is -2.17. The summed E-state index contributed by atoms with van der Waals surface area (Å²) in [6.07, 6.45) is 2.46. The van der Waals surface area contributed by atoms with E-state index in [0.29, 0.717) is 13.0 Å². The lowest BCUT2D eigenvalue weighted by atomic mass is 9.46. The Labute approximate surface area is 194 Å². The van der Waals surface area contributed by atoms with Gasteiger partial charge in [-0.05, 0) is 46.8 Å². The quantitative estimate of drug-likeness (QED) is 0.282. The maximum Gasteiger partial charge on any atom is 0.313 e. The van der Waals surface area contributed by atoms with E-state index in [-0.39, 0.29) is 28.8 Å². The zero-order chi connectivity index (χ0) is 23.3. The molecule has 5 rings (SSSR count). The molecular formula is C28H36O3Si. The van der Waals surface area contributed by atoms with Gasteiger partial charge in [-0.1, -0.05) is 75.4 Å². The largest absolute Gasteiger partial charge is 0.469 e. The predicted molar refractivity (Wildman–Crippen MR) is 132 cm³/mol. The molecule has 2 aromatic rings. The topological polar surface area (TPSA) is 35.5 Å². The lowest BCUT2D eigenvalue weighted by Gasteiger charge is -2.57. The number of ether oxygens (including phenoxy) is 1. The van der Waals surface area contributed by atoms with Crippen molar-refractivity contribution in [2.75, 3.05) is 13.7 Å². The lowest BCUT2D eigenvalue weighted by molar-refractivity contribution is -0.161. The van der Waals surface area contributed by atoms with Gasteiger partial charge in [0.05, 0.1) is 12.5 Å². The zero-order valence-corrected chi connectivity index (χ0v) is 21.3. The van der Waals surface area contributed by atoms with Crippen molar-refractivity contribution in [2.24, 2.45) is 11.3 Å². The number of benzene rings is 2. The van der Waals surface area contributed by atoms with Crippen LogP contribution in [0.1, 0.15) is 61.3 Å².